The molecule has 0 fully saturated rings. The van der Waals surface area contributed by atoms with Crippen LogP contribution >= 0.6 is 0 Å². The number of amides is 2. The first-order valence-corrected chi connectivity index (χ1v) is 8.03. The Hall–Kier alpha value is -3.35. The molecule has 2 amide bonds. The lowest BCUT2D eigenvalue weighted by atomic mass is 10.1. The SMILES string of the molecule is Cc1ccc(C)c(NC(=O)CN2C(=O)COc3ccc(C(=O)O)cc32)c1. The number of nitrogens with one attached hydrogen (secondary N) is 1. The van der Waals surface area contributed by atoms with Gasteiger partial charge in [-0.25, -0.2) is 4.79 Å². The summed E-state index contributed by atoms with van der Waals surface area (Å²) in [6, 6.07) is 9.91. The predicted molar refractivity (Wildman–Crippen MR) is 95.8 cm³/mol. The van der Waals surface area contributed by atoms with Gasteiger partial charge in [0, 0.05) is 5.69 Å². The zero-order valence-corrected chi connectivity index (χ0v) is 14.4. The topological polar surface area (TPSA) is 95.9 Å². The van der Waals surface area contributed by atoms with Crippen LogP contribution in [-0.4, -0.2) is 36.0 Å². The van der Waals surface area contributed by atoms with Crippen molar-refractivity contribution in [3.05, 3.63) is 53.1 Å². The van der Waals surface area contributed by atoms with Crippen molar-refractivity contribution in [2.24, 2.45) is 0 Å². The average Bonchev–Trinajstić information content (AvgIpc) is 2.60. The van der Waals surface area contributed by atoms with E-state index >= 15 is 0 Å². The Bertz CT molecular complexity index is 907. The van der Waals surface area contributed by atoms with Gasteiger partial charge in [-0.05, 0) is 49.2 Å². The predicted octanol–water partition coefficient (Wildman–Crippen LogP) is 2.37. The Labute approximate surface area is 150 Å². The number of carboxylic acid groups (broad SMARTS) is 1. The van der Waals surface area contributed by atoms with Gasteiger partial charge in [-0.2, -0.15) is 0 Å². The number of hydrogen-bond acceptors (Lipinski definition) is 4. The van der Waals surface area contributed by atoms with Gasteiger partial charge in [0.1, 0.15) is 12.3 Å². The molecule has 7 nitrogen and oxygen atoms in total. The minimum absolute atomic E-state index is 0.0157. The van der Waals surface area contributed by atoms with E-state index in [1.165, 1.54) is 23.1 Å². The Morgan fingerprint density at radius 1 is 1.19 bits per heavy atom. The zero-order valence-electron chi connectivity index (χ0n) is 14.4. The molecular formula is C19H18N2O5. The molecule has 1 aliphatic rings. The summed E-state index contributed by atoms with van der Waals surface area (Å²) in [5.41, 5.74) is 2.88. The maximum absolute atomic E-state index is 12.5. The number of benzene rings is 2. The number of carbonyl (C=O) groups excluding carboxylic acids is 2. The molecule has 0 unspecified atom stereocenters. The molecule has 0 saturated heterocycles. The summed E-state index contributed by atoms with van der Waals surface area (Å²) < 4.78 is 5.32. The largest absolute Gasteiger partial charge is 0.482 e. The number of hydrogen-bond donors (Lipinski definition) is 2. The van der Waals surface area contributed by atoms with Crippen molar-refractivity contribution in [2.45, 2.75) is 13.8 Å². The molecule has 0 aromatic heterocycles. The van der Waals surface area contributed by atoms with Gasteiger partial charge >= 0.3 is 5.97 Å². The molecular weight excluding hydrogens is 336 g/mol. The van der Waals surface area contributed by atoms with Crippen molar-refractivity contribution in [3.8, 4) is 5.75 Å². The molecule has 0 spiro atoms. The van der Waals surface area contributed by atoms with Crippen LogP contribution in [0.15, 0.2) is 36.4 Å². The second kappa shape index (κ2) is 6.87. The van der Waals surface area contributed by atoms with E-state index in [4.69, 9.17) is 9.84 Å². The summed E-state index contributed by atoms with van der Waals surface area (Å²) in [4.78, 5) is 37.1. The van der Waals surface area contributed by atoms with Crippen LogP contribution in [0.5, 0.6) is 5.75 Å². The van der Waals surface area contributed by atoms with Gasteiger partial charge < -0.3 is 15.2 Å². The van der Waals surface area contributed by atoms with Gasteiger partial charge in [0.25, 0.3) is 5.91 Å². The fourth-order valence-electron chi connectivity index (χ4n) is 2.71. The summed E-state index contributed by atoms with van der Waals surface area (Å²) >= 11 is 0. The van der Waals surface area contributed by atoms with E-state index in [0.29, 0.717) is 11.4 Å². The van der Waals surface area contributed by atoms with E-state index < -0.39 is 11.9 Å². The highest BCUT2D eigenvalue weighted by Crippen LogP contribution is 2.33. The number of rotatable bonds is 4. The number of carbonyl (C=O) groups is 3. The lowest BCUT2D eigenvalue weighted by molar-refractivity contribution is -0.123. The first-order valence-electron chi connectivity index (χ1n) is 8.03. The Morgan fingerprint density at radius 3 is 2.69 bits per heavy atom. The molecule has 2 N–H and O–H groups in total. The summed E-state index contributed by atoms with van der Waals surface area (Å²) in [6.45, 7) is 3.37. The maximum Gasteiger partial charge on any atom is 0.335 e. The molecule has 26 heavy (non-hydrogen) atoms. The van der Waals surface area contributed by atoms with Gasteiger partial charge in [0.05, 0.1) is 11.3 Å². The normalized spacial score (nSPS) is 13.0. The van der Waals surface area contributed by atoms with E-state index in [1.807, 2.05) is 32.0 Å². The second-order valence-electron chi connectivity index (χ2n) is 6.12. The molecule has 0 bridgehead atoms. The van der Waals surface area contributed by atoms with Crippen LogP contribution < -0.4 is 15.0 Å². The van der Waals surface area contributed by atoms with E-state index in [0.717, 1.165) is 11.1 Å². The Morgan fingerprint density at radius 2 is 1.96 bits per heavy atom. The maximum atomic E-state index is 12.5. The first-order chi connectivity index (χ1) is 12.3. The van der Waals surface area contributed by atoms with Gasteiger partial charge in [0.2, 0.25) is 5.91 Å². The molecule has 134 valence electrons. The molecule has 2 aromatic carbocycles. The van der Waals surface area contributed by atoms with E-state index in [2.05, 4.69) is 5.32 Å². The number of carboxylic acids is 1. The van der Waals surface area contributed by atoms with Gasteiger partial charge in [-0.3, -0.25) is 14.5 Å². The summed E-state index contributed by atoms with van der Waals surface area (Å²) in [6.07, 6.45) is 0. The number of aromatic carboxylic acids is 1. The highest BCUT2D eigenvalue weighted by molar-refractivity contribution is 6.06. The zero-order chi connectivity index (χ0) is 18.8. The highest BCUT2D eigenvalue weighted by Gasteiger charge is 2.28. The molecule has 2 aromatic rings. The fourth-order valence-corrected chi connectivity index (χ4v) is 2.71. The minimum Gasteiger partial charge on any atom is -0.482 e. The molecule has 0 aliphatic carbocycles. The molecule has 1 heterocycles. The van der Waals surface area contributed by atoms with E-state index in [-0.39, 0.29) is 30.3 Å². The van der Waals surface area contributed by atoms with Crippen molar-refractivity contribution < 1.29 is 24.2 Å². The van der Waals surface area contributed by atoms with Crippen LogP contribution in [-0.2, 0) is 9.59 Å². The fraction of sp³-hybridized carbons (Fsp3) is 0.211. The van der Waals surface area contributed by atoms with Crippen molar-refractivity contribution in [1.82, 2.24) is 0 Å². The smallest absolute Gasteiger partial charge is 0.335 e. The molecule has 1 aliphatic heterocycles. The third-order valence-electron chi connectivity index (χ3n) is 4.12. The molecule has 0 atom stereocenters. The van der Waals surface area contributed by atoms with Gasteiger partial charge in [0.15, 0.2) is 6.61 Å². The first kappa shape index (κ1) is 17.5. The second-order valence-corrected chi connectivity index (χ2v) is 6.12. The van der Waals surface area contributed by atoms with Crippen LogP contribution in [0.3, 0.4) is 0 Å². The molecule has 0 radical (unpaired) electrons. The third kappa shape index (κ3) is 3.51. The lowest BCUT2D eigenvalue weighted by Crippen LogP contribution is -2.43. The van der Waals surface area contributed by atoms with Crippen LogP contribution in [0.2, 0.25) is 0 Å². The standard InChI is InChI=1S/C19H18N2O5/c1-11-3-4-12(2)14(7-11)20-17(22)9-21-15-8-13(19(24)25)5-6-16(15)26-10-18(21)23/h3-8H,9-10H2,1-2H3,(H,20,22)(H,24,25). The third-order valence-corrected chi connectivity index (χ3v) is 4.12. The summed E-state index contributed by atoms with van der Waals surface area (Å²) in [7, 11) is 0. The van der Waals surface area contributed by atoms with Crippen molar-refractivity contribution in [2.75, 3.05) is 23.4 Å². The van der Waals surface area contributed by atoms with Crippen LogP contribution in [0.4, 0.5) is 11.4 Å². The summed E-state index contributed by atoms with van der Waals surface area (Å²) in [5, 5.41) is 11.9. The van der Waals surface area contributed by atoms with Crippen molar-refractivity contribution in [3.63, 3.8) is 0 Å². The highest BCUT2D eigenvalue weighted by atomic mass is 16.5. The minimum atomic E-state index is -1.12. The van der Waals surface area contributed by atoms with Crippen molar-refractivity contribution >= 4 is 29.2 Å². The Kier molecular flexibility index (Phi) is 4.62. The van der Waals surface area contributed by atoms with Crippen LogP contribution in [0, 0.1) is 13.8 Å². The molecule has 7 heteroatoms. The Balaban J connectivity index is 1.84. The van der Waals surface area contributed by atoms with Crippen LogP contribution in [0.1, 0.15) is 21.5 Å². The number of anilines is 2. The summed E-state index contributed by atoms with van der Waals surface area (Å²) in [5.74, 6) is -1.53. The van der Waals surface area contributed by atoms with Gasteiger partial charge in [-0.1, -0.05) is 12.1 Å². The molecule has 0 saturated carbocycles. The number of nitrogens with zero attached hydrogens (tertiary/aromatic N) is 1. The lowest BCUT2D eigenvalue weighted by Gasteiger charge is -2.29. The average molecular weight is 354 g/mol. The monoisotopic (exact) mass is 354 g/mol. The van der Waals surface area contributed by atoms with Gasteiger partial charge in [-0.15, -0.1) is 0 Å². The van der Waals surface area contributed by atoms with Crippen LogP contribution in [0.25, 0.3) is 0 Å². The number of aryl methyl sites for hydroxylation is 2. The van der Waals surface area contributed by atoms with E-state index in [1.54, 1.807) is 0 Å². The quantitative estimate of drug-likeness (QED) is 0.879. The van der Waals surface area contributed by atoms with Crippen molar-refractivity contribution in [1.29, 1.82) is 0 Å². The number of ether oxygens (including phenoxy) is 1. The van der Waals surface area contributed by atoms with E-state index in [9.17, 15) is 14.4 Å². The molecule has 3 rings (SSSR count). The number of fused-ring (bicyclic) bond motifs is 1.